The molecule has 0 radical (unpaired) electrons. The molecule has 1 heterocycles. The summed E-state index contributed by atoms with van der Waals surface area (Å²) in [4.78, 5) is 17.0. The van der Waals surface area contributed by atoms with E-state index < -0.39 is 0 Å². The summed E-state index contributed by atoms with van der Waals surface area (Å²) in [6.45, 7) is 8.74. The Morgan fingerprint density at radius 2 is 1.32 bits per heavy atom. The van der Waals surface area contributed by atoms with Crippen molar-refractivity contribution in [2.24, 2.45) is 5.41 Å². The van der Waals surface area contributed by atoms with Gasteiger partial charge in [0.15, 0.2) is 0 Å². The van der Waals surface area contributed by atoms with Gasteiger partial charge >= 0.3 is 0 Å². The van der Waals surface area contributed by atoms with Crippen LogP contribution in [0.3, 0.4) is 0 Å². The summed E-state index contributed by atoms with van der Waals surface area (Å²) in [5, 5.41) is 0. The molecule has 0 unspecified atom stereocenters. The van der Waals surface area contributed by atoms with Gasteiger partial charge in [-0.15, -0.1) is 0 Å². The molecule has 0 aromatic heterocycles. The number of carbonyl (C=O) groups excluding carboxylic acids is 1. The third-order valence-electron chi connectivity index (χ3n) is 5.80. The number of rotatable bonds is 5. The van der Waals surface area contributed by atoms with Crippen LogP contribution in [0, 0.1) is 17.0 Å². The van der Waals surface area contributed by atoms with Crippen molar-refractivity contribution in [3.05, 3.63) is 71.3 Å². The number of benzene rings is 2. The molecule has 3 rings (SSSR count). The number of hydrogen-bond acceptors (Lipinski definition) is 2. The van der Waals surface area contributed by atoms with Crippen LogP contribution in [-0.2, 0) is 4.79 Å². The molecule has 1 fully saturated rings. The summed E-state index contributed by atoms with van der Waals surface area (Å²) >= 11 is 0. The lowest BCUT2D eigenvalue weighted by Crippen LogP contribution is -2.52. The van der Waals surface area contributed by atoms with Crippen LogP contribution in [0.1, 0.15) is 44.4 Å². The first-order valence-electron chi connectivity index (χ1n) is 9.86. The number of nitrogens with zero attached hydrogens (tertiary/aromatic N) is 2. The van der Waals surface area contributed by atoms with Crippen LogP contribution in [0.4, 0.5) is 8.78 Å². The third-order valence-corrected chi connectivity index (χ3v) is 5.80. The van der Waals surface area contributed by atoms with E-state index in [0.717, 1.165) is 17.5 Å². The van der Waals surface area contributed by atoms with Crippen LogP contribution >= 0.6 is 0 Å². The van der Waals surface area contributed by atoms with E-state index in [2.05, 4.69) is 4.90 Å². The summed E-state index contributed by atoms with van der Waals surface area (Å²) in [6.07, 6.45) is 0.805. The molecule has 0 aliphatic carbocycles. The van der Waals surface area contributed by atoms with Crippen LogP contribution < -0.4 is 0 Å². The Kier molecular flexibility index (Phi) is 6.14. The number of piperazine rings is 1. The quantitative estimate of drug-likeness (QED) is 0.748. The number of carbonyl (C=O) groups is 1. The highest BCUT2D eigenvalue weighted by Crippen LogP contribution is 2.31. The van der Waals surface area contributed by atoms with Gasteiger partial charge in [0, 0.05) is 31.6 Å². The molecule has 2 aromatic carbocycles. The summed E-state index contributed by atoms with van der Waals surface area (Å²) in [7, 11) is 0. The lowest BCUT2D eigenvalue weighted by atomic mass is 9.88. The van der Waals surface area contributed by atoms with Gasteiger partial charge < -0.3 is 4.90 Å². The van der Waals surface area contributed by atoms with Crippen molar-refractivity contribution in [1.29, 1.82) is 0 Å². The molecule has 0 atom stereocenters. The minimum Gasteiger partial charge on any atom is -0.340 e. The Hall–Kier alpha value is -2.27. The topological polar surface area (TPSA) is 23.6 Å². The summed E-state index contributed by atoms with van der Waals surface area (Å²) in [6, 6.07) is 12.8. The first kappa shape index (κ1) is 20.5. The fraction of sp³-hybridized carbons (Fsp3) is 0.435. The van der Waals surface area contributed by atoms with Crippen LogP contribution in [0.25, 0.3) is 0 Å². The fourth-order valence-electron chi connectivity index (χ4n) is 3.67. The maximum absolute atomic E-state index is 13.4. The molecule has 1 saturated heterocycles. The molecule has 2 aromatic rings. The maximum Gasteiger partial charge on any atom is 0.228 e. The molecule has 3 nitrogen and oxygen atoms in total. The molecule has 0 bridgehead atoms. The van der Waals surface area contributed by atoms with Crippen molar-refractivity contribution < 1.29 is 13.6 Å². The van der Waals surface area contributed by atoms with E-state index in [-0.39, 0.29) is 29.0 Å². The molecule has 1 aliphatic rings. The molecule has 28 heavy (non-hydrogen) atoms. The Balaban J connectivity index is 1.81. The van der Waals surface area contributed by atoms with Gasteiger partial charge in [-0.05, 0) is 41.8 Å². The number of halogens is 2. The van der Waals surface area contributed by atoms with Gasteiger partial charge in [0.25, 0.3) is 0 Å². The Morgan fingerprint density at radius 3 is 1.71 bits per heavy atom. The van der Waals surface area contributed by atoms with E-state index in [1.165, 1.54) is 24.3 Å². The van der Waals surface area contributed by atoms with E-state index in [9.17, 15) is 13.6 Å². The van der Waals surface area contributed by atoms with Gasteiger partial charge in [0.1, 0.15) is 11.6 Å². The van der Waals surface area contributed by atoms with Crippen LogP contribution in [0.15, 0.2) is 48.5 Å². The van der Waals surface area contributed by atoms with Crippen molar-refractivity contribution in [3.63, 3.8) is 0 Å². The lowest BCUT2D eigenvalue weighted by Gasteiger charge is -2.41. The van der Waals surface area contributed by atoms with Crippen molar-refractivity contribution >= 4 is 5.91 Å². The number of hydrogen-bond donors (Lipinski definition) is 0. The molecule has 0 spiro atoms. The second kappa shape index (κ2) is 8.39. The Bertz CT molecular complexity index is 749. The second-order valence-corrected chi connectivity index (χ2v) is 8.07. The highest BCUT2D eigenvalue weighted by molar-refractivity contribution is 5.82. The molecule has 1 aliphatic heterocycles. The molecule has 5 heteroatoms. The molecule has 1 amide bonds. The summed E-state index contributed by atoms with van der Waals surface area (Å²) in [5.74, 6) is -0.368. The minimum absolute atomic E-state index is 0.0994. The summed E-state index contributed by atoms with van der Waals surface area (Å²) < 4.78 is 26.9. The van der Waals surface area contributed by atoms with Crippen LogP contribution in [0.2, 0.25) is 0 Å². The lowest BCUT2D eigenvalue weighted by molar-refractivity contribution is -0.142. The predicted octanol–water partition coefficient (Wildman–Crippen LogP) is 4.63. The van der Waals surface area contributed by atoms with Crippen molar-refractivity contribution in [2.45, 2.75) is 33.2 Å². The minimum atomic E-state index is -0.352. The fourth-order valence-corrected chi connectivity index (χ4v) is 3.67. The van der Waals surface area contributed by atoms with E-state index >= 15 is 0 Å². The zero-order valence-electron chi connectivity index (χ0n) is 16.8. The maximum atomic E-state index is 13.4. The standard InChI is InChI=1S/C23H28F2N2O/c1-4-23(2,3)22(28)27-15-13-26(14-16-27)21(17-5-9-19(24)10-6-17)18-7-11-20(25)12-8-18/h5-12,21H,4,13-16H2,1-3H3. The predicted molar refractivity (Wildman–Crippen MR) is 107 cm³/mol. The van der Waals surface area contributed by atoms with Gasteiger partial charge in [0.05, 0.1) is 6.04 Å². The average molecular weight is 386 g/mol. The largest absolute Gasteiger partial charge is 0.340 e. The van der Waals surface area contributed by atoms with E-state index in [4.69, 9.17) is 0 Å². The van der Waals surface area contributed by atoms with Gasteiger partial charge in [-0.3, -0.25) is 9.69 Å². The van der Waals surface area contributed by atoms with E-state index in [1.54, 1.807) is 24.3 Å². The van der Waals surface area contributed by atoms with Gasteiger partial charge in [0.2, 0.25) is 5.91 Å². The molecule has 0 saturated carbocycles. The molecule has 0 N–H and O–H groups in total. The Morgan fingerprint density at radius 1 is 0.893 bits per heavy atom. The monoisotopic (exact) mass is 386 g/mol. The Labute approximate surface area is 166 Å². The first-order chi connectivity index (χ1) is 13.3. The van der Waals surface area contributed by atoms with Gasteiger partial charge in [-0.1, -0.05) is 45.0 Å². The van der Waals surface area contributed by atoms with Crippen LogP contribution in [0.5, 0.6) is 0 Å². The van der Waals surface area contributed by atoms with Crippen molar-refractivity contribution in [3.8, 4) is 0 Å². The highest BCUT2D eigenvalue weighted by Gasteiger charge is 2.34. The highest BCUT2D eigenvalue weighted by atomic mass is 19.1. The SMILES string of the molecule is CCC(C)(C)C(=O)N1CCN(C(c2ccc(F)cc2)c2ccc(F)cc2)CC1. The smallest absolute Gasteiger partial charge is 0.228 e. The van der Waals surface area contributed by atoms with E-state index in [0.29, 0.717) is 26.2 Å². The van der Waals surface area contributed by atoms with Gasteiger partial charge in [-0.2, -0.15) is 0 Å². The molecular weight excluding hydrogens is 358 g/mol. The zero-order chi connectivity index (χ0) is 20.3. The second-order valence-electron chi connectivity index (χ2n) is 8.07. The zero-order valence-corrected chi connectivity index (χ0v) is 16.8. The number of amides is 1. The third kappa shape index (κ3) is 4.41. The van der Waals surface area contributed by atoms with Crippen LogP contribution in [-0.4, -0.2) is 41.9 Å². The van der Waals surface area contributed by atoms with Gasteiger partial charge in [-0.25, -0.2) is 8.78 Å². The first-order valence-corrected chi connectivity index (χ1v) is 9.86. The molecular formula is C23H28F2N2O. The van der Waals surface area contributed by atoms with Crippen molar-refractivity contribution in [2.75, 3.05) is 26.2 Å². The average Bonchev–Trinajstić information content (AvgIpc) is 2.71. The van der Waals surface area contributed by atoms with Crippen molar-refractivity contribution in [1.82, 2.24) is 9.80 Å². The molecule has 150 valence electrons. The summed E-state index contributed by atoms with van der Waals surface area (Å²) in [5.41, 5.74) is 1.57. The normalized spacial score (nSPS) is 15.9. The van der Waals surface area contributed by atoms with E-state index in [1.807, 2.05) is 25.7 Å².